The molecule has 6 nitrogen and oxygen atoms in total. The minimum absolute atomic E-state index is 0.00173. The van der Waals surface area contributed by atoms with Crippen LogP contribution < -0.4 is 9.80 Å². The Balaban J connectivity index is 2.00. The molecule has 0 N–H and O–H groups in total. The first-order valence-corrected chi connectivity index (χ1v) is 10.9. The van der Waals surface area contributed by atoms with Crippen LogP contribution in [0.3, 0.4) is 0 Å². The first-order chi connectivity index (χ1) is 16.3. The average molecular weight is 508 g/mol. The second kappa shape index (κ2) is 9.62. The van der Waals surface area contributed by atoms with Gasteiger partial charge in [0.25, 0.3) is 0 Å². The van der Waals surface area contributed by atoms with Gasteiger partial charge in [-0.05, 0) is 75.3 Å². The average Bonchev–Trinajstić information content (AvgIpc) is 3.61. The van der Waals surface area contributed by atoms with Gasteiger partial charge in [-0.2, -0.15) is 18.4 Å². The van der Waals surface area contributed by atoms with Crippen molar-refractivity contribution >= 4 is 41.0 Å². The fourth-order valence-corrected chi connectivity index (χ4v) is 3.73. The summed E-state index contributed by atoms with van der Waals surface area (Å²) in [6.45, 7) is 2.99. The van der Waals surface area contributed by atoms with E-state index in [9.17, 15) is 27.2 Å². The summed E-state index contributed by atoms with van der Waals surface area (Å²) in [4.78, 5) is 26.5. The van der Waals surface area contributed by atoms with Crippen molar-refractivity contribution in [1.29, 1.82) is 5.26 Å². The zero-order valence-corrected chi connectivity index (χ0v) is 19.8. The van der Waals surface area contributed by atoms with Gasteiger partial charge in [-0.3, -0.25) is 0 Å². The highest BCUT2D eigenvalue weighted by Gasteiger charge is 2.36. The molecular formula is C24H21F4N3O3S. The number of carbonyl (C=O) groups excluding carboxylic acids is 2. The predicted molar refractivity (Wildman–Crippen MR) is 125 cm³/mol. The Bertz CT molecular complexity index is 1220. The summed E-state index contributed by atoms with van der Waals surface area (Å²) in [7, 11) is 1.38. The molecule has 0 radical (unpaired) electrons. The van der Waals surface area contributed by atoms with Crippen molar-refractivity contribution in [2.24, 2.45) is 0 Å². The topological polar surface area (TPSA) is 73.6 Å². The number of halogens is 4. The maximum Gasteiger partial charge on any atom is 0.417 e. The number of nitrogens with zero attached hydrogens (tertiary/aromatic N) is 3. The number of rotatable bonds is 6. The number of alkyl halides is 3. The minimum Gasteiger partial charge on any atom is -0.459 e. The molecule has 184 valence electrons. The van der Waals surface area contributed by atoms with Crippen molar-refractivity contribution in [3.05, 3.63) is 58.9 Å². The monoisotopic (exact) mass is 507 g/mol. The maximum atomic E-state index is 14.9. The van der Waals surface area contributed by atoms with Gasteiger partial charge >= 0.3 is 12.1 Å². The van der Waals surface area contributed by atoms with E-state index < -0.39 is 34.6 Å². The molecule has 0 amide bonds. The summed E-state index contributed by atoms with van der Waals surface area (Å²) in [6.07, 6.45) is -3.00. The van der Waals surface area contributed by atoms with Gasteiger partial charge in [0.15, 0.2) is 5.11 Å². The molecule has 35 heavy (non-hydrogen) atoms. The molecule has 1 aliphatic rings. The van der Waals surface area contributed by atoms with Crippen LogP contribution in [0.25, 0.3) is 0 Å². The summed E-state index contributed by atoms with van der Waals surface area (Å²) < 4.78 is 60.3. The van der Waals surface area contributed by atoms with Gasteiger partial charge in [0, 0.05) is 18.4 Å². The lowest BCUT2D eigenvalue weighted by molar-refractivity contribution is -0.137. The summed E-state index contributed by atoms with van der Waals surface area (Å²) in [5, 5.41) is 8.91. The standard InChI is InChI=1S/C24H21F4N3O3S/c1-23(2,13-32)31(16-6-9-18(20(25)11-16)21(33)34-17-7-8-17)22(35)30(3)15-5-4-14(12-29)19(10-15)24(26,27)28/h4-6,9-11,13,17H,7-8H2,1-3H3. The number of hydrogen-bond acceptors (Lipinski definition) is 5. The highest BCUT2D eigenvalue weighted by molar-refractivity contribution is 7.80. The molecule has 1 aliphatic carbocycles. The number of anilines is 2. The van der Waals surface area contributed by atoms with Crippen molar-refractivity contribution in [3.8, 4) is 6.07 Å². The Morgan fingerprint density at radius 1 is 1.17 bits per heavy atom. The summed E-state index contributed by atoms with van der Waals surface area (Å²) >= 11 is 5.50. The molecule has 0 aromatic heterocycles. The number of carbonyl (C=O) groups is 2. The molecule has 3 rings (SSSR count). The van der Waals surface area contributed by atoms with E-state index >= 15 is 0 Å². The first-order valence-electron chi connectivity index (χ1n) is 10.5. The Labute approximate surface area is 204 Å². The maximum absolute atomic E-state index is 14.9. The third kappa shape index (κ3) is 5.59. The first kappa shape index (κ1) is 26.1. The van der Waals surface area contributed by atoms with Crippen LogP contribution in [-0.4, -0.2) is 36.1 Å². The highest BCUT2D eigenvalue weighted by atomic mass is 32.1. The van der Waals surface area contributed by atoms with Gasteiger partial charge in [-0.15, -0.1) is 0 Å². The van der Waals surface area contributed by atoms with Gasteiger partial charge in [-0.1, -0.05) is 0 Å². The van der Waals surface area contributed by atoms with Crippen LogP contribution >= 0.6 is 12.2 Å². The molecule has 0 aliphatic heterocycles. The molecule has 2 aromatic rings. The summed E-state index contributed by atoms with van der Waals surface area (Å²) in [6, 6.07) is 8.17. The number of aldehydes is 1. The van der Waals surface area contributed by atoms with Gasteiger partial charge in [0.1, 0.15) is 18.2 Å². The van der Waals surface area contributed by atoms with E-state index in [-0.39, 0.29) is 28.2 Å². The van der Waals surface area contributed by atoms with Crippen molar-refractivity contribution in [2.45, 2.75) is 44.5 Å². The van der Waals surface area contributed by atoms with E-state index in [1.165, 1.54) is 55.0 Å². The largest absolute Gasteiger partial charge is 0.459 e. The van der Waals surface area contributed by atoms with Crippen molar-refractivity contribution in [1.82, 2.24) is 0 Å². The predicted octanol–water partition coefficient (Wildman–Crippen LogP) is 5.24. The van der Waals surface area contributed by atoms with E-state index in [1.807, 2.05) is 0 Å². The van der Waals surface area contributed by atoms with Crippen LogP contribution in [0.4, 0.5) is 28.9 Å². The molecule has 0 spiro atoms. The Morgan fingerprint density at radius 2 is 1.80 bits per heavy atom. The SMILES string of the molecule is CN(C(=S)N(c1ccc(C(=O)OC2CC2)c(F)c1)C(C)(C)C=O)c1ccc(C#N)c(C(F)(F)F)c1. The summed E-state index contributed by atoms with van der Waals surface area (Å²) in [5.74, 6) is -1.71. The number of benzene rings is 2. The quantitative estimate of drug-likeness (QED) is 0.229. The molecular weight excluding hydrogens is 486 g/mol. The minimum atomic E-state index is -4.78. The third-order valence-electron chi connectivity index (χ3n) is 5.39. The zero-order valence-electron chi connectivity index (χ0n) is 19.0. The van der Waals surface area contributed by atoms with E-state index in [0.717, 1.165) is 31.0 Å². The smallest absolute Gasteiger partial charge is 0.417 e. The van der Waals surface area contributed by atoms with Crippen LogP contribution in [0.5, 0.6) is 0 Å². The number of hydrogen-bond donors (Lipinski definition) is 0. The van der Waals surface area contributed by atoms with Crippen LogP contribution in [0, 0.1) is 17.1 Å². The van der Waals surface area contributed by atoms with Gasteiger partial charge in [-0.25, -0.2) is 9.18 Å². The number of esters is 1. The van der Waals surface area contributed by atoms with Crippen LogP contribution in [-0.2, 0) is 15.7 Å². The fourth-order valence-electron chi connectivity index (χ4n) is 3.29. The molecule has 0 atom stereocenters. The lowest BCUT2D eigenvalue weighted by Crippen LogP contribution is -2.54. The molecule has 0 heterocycles. The Morgan fingerprint density at radius 3 is 2.31 bits per heavy atom. The zero-order chi connectivity index (χ0) is 26.1. The highest BCUT2D eigenvalue weighted by Crippen LogP contribution is 2.35. The molecule has 0 saturated heterocycles. The second-order valence-electron chi connectivity index (χ2n) is 8.56. The number of ether oxygens (including phenoxy) is 1. The molecule has 0 bridgehead atoms. The van der Waals surface area contributed by atoms with Crippen LogP contribution in [0.2, 0.25) is 0 Å². The number of thiocarbonyl (C=S) groups is 1. The number of nitriles is 1. The van der Waals surface area contributed by atoms with E-state index in [2.05, 4.69) is 0 Å². The summed E-state index contributed by atoms with van der Waals surface area (Å²) in [5.41, 5.74) is -3.22. The van der Waals surface area contributed by atoms with Crippen molar-refractivity contribution in [2.75, 3.05) is 16.8 Å². The lowest BCUT2D eigenvalue weighted by atomic mass is 10.0. The normalized spacial score (nSPS) is 13.5. The fraction of sp³-hybridized carbons (Fsp3) is 0.333. The molecule has 2 aromatic carbocycles. The molecule has 11 heteroatoms. The van der Waals surface area contributed by atoms with E-state index in [4.69, 9.17) is 22.2 Å². The van der Waals surface area contributed by atoms with E-state index in [1.54, 1.807) is 0 Å². The van der Waals surface area contributed by atoms with Gasteiger partial charge < -0.3 is 19.3 Å². The van der Waals surface area contributed by atoms with E-state index in [0.29, 0.717) is 6.29 Å². The molecule has 1 saturated carbocycles. The van der Waals surface area contributed by atoms with Crippen molar-refractivity contribution < 1.29 is 31.9 Å². The van der Waals surface area contributed by atoms with Crippen molar-refractivity contribution in [3.63, 3.8) is 0 Å². The molecule has 0 unspecified atom stereocenters. The molecule has 1 fully saturated rings. The van der Waals surface area contributed by atoms with Crippen LogP contribution in [0.1, 0.15) is 48.2 Å². The third-order valence-corrected chi connectivity index (χ3v) is 5.84. The van der Waals surface area contributed by atoms with Crippen LogP contribution in [0.15, 0.2) is 36.4 Å². The Kier molecular flexibility index (Phi) is 7.17. The second-order valence-corrected chi connectivity index (χ2v) is 8.92. The lowest BCUT2D eigenvalue weighted by Gasteiger charge is -2.39. The Hall–Kier alpha value is -3.52. The van der Waals surface area contributed by atoms with Gasteiger partial charge in [0.2, 0.25) is 0 Å². The van der Waals surface area contributed by atoms with Gasteiger partial charge in [0.05, 0.1) is 28.3 Å².